The molecule has 0 aromatic rings. The van der Waals surface area contributed by atoms with E-state index in [-0.39, 0.29) is 0 Å². The maximum absolute atomic E-state index is 9.03. The van der Waals surface area contributed by atoms with Crippen molar-refractivity contribution in [3.8, 4) is 6.07 Å². The van der Waals surface area contributed by atoms with Crippen molar-refractivity contribution in [2.24, 2.45) is 11.8 Å². The van der Waals surface area contributed by atoms with Gasteiger partial charge in [-0.05, 0) is 24.3 Å². The van der Waals surface area contributed by atoms with Crippen molar-refractivity contribution in [3.05, 3.63) is 0 Å². The Morgan fingerprint density at radius 1 is 1.05 bits per heavy atom. The van der Waals surface area contributed by atoms with Crippen LogP contribution in [0.5, 0.6) is 0 Å². The van der Waals surface area contributed by atoms with Crippen molar-refractivity contribution in [3.63, 3.8) is 0 Å². The van der Waals surface area contributed by atoms with Gasteiger partial charge >= 0.3 is 0 Å². The molecular weight excluding hydrogens is 246 g/mol. The minimum atomic E-state index is -0.969. The summed E-state index contributed by atoms with van der Waals surface area (Å²) in [7, 11) is -0.969. The van der Waals surface area contributed by atoms with Crippen LogP contribution in [0.2, 0.25) is 24.2 Å². The lowest BCUT2D eigenvalue weighted by Gasteiger charge is -2.44. The van der Waals surface area contributed by atoms with Crippen LogP contribution in [0.25, 0.3) is 0 Å². The molecule has 0 amide bonds. The lowest BCUT2D eigenvalue weighted by Crippen LogP contribution is -2.41. The second-order valence-corrected chi connectivity index (χ2v) is 12.5. The molecule has 1 aliphatic carbocycles. The largest absolute Gasteiger partial charge is 0.198 e. The van der Waals surface area contributed by atoms with Crippen LogP contribution in [0.4, 0.5) is 0 Å². The molecule has 108 valence electrons. The van der Waals surface area contributed by atoms with Gasteiger partial charge in [0.25, 0.3) is 0 Å². The van der Waals surface area contributed by atoms with Gasteiger partial charge in [-0.15, -0.1) is 0 Å². The molecule has 1 saturated carbocycles. The minimum absolute atomic E-state index is 0.384. The van der Waals surface area contributed by atoms with E-state index in [1.807, 2.05) is 0 Å². The summed E-state index contributed by atoms with van der Waals surface area (Å²) in [6.07, 6.45) is 12.5. The average molecular weight is 278 g/mol. The molecule has 0 atom stereocenters. The third-order valence-electron chi connectivity index (χ3n) is 6.11. The molecule has 0 bridgehead atoms. The van der Waals surface area contributed by atoms with E-state index in [9.17, 15) is 0 Å². The van der Waals surface area contributed by atoms with Gasteiger partial charge in [-0.25, -0.2) is 0 Å². The highest BCUT2D eigenvalue weighted by Gasteiger charge is 2.40. The number of unbranched alkanes of at least 4 members (excludes halogenated alkanes) is 1. The van der Waals surface area contributed by atoms with E-state index in [4.69, 9.17) is 5.26 Å². The lowest BCUT2D eigenvalue weighted by atomic mass is 9.90. The molecular formula is C17H31NSi. The topological polar surface area (TPSA) is 23.8 Å². The first-order valence-electron chi connectivity index (χ1n) is 8.57. The fourth-order valence-electron chi connectivity index (χ4n) is 4.45. The van der Waals surface area contributed by atoms with Crippen molar-refractivity contribution >= 4 is 8.07 Å². The Kier molecular flexibility index (Phi) is 5.51. The van der Waals surface area contributed by atoms with Gasteiger partial charge in [0.1, 0.15) is 0 Å². The highest BCUT2D eigenvalue weighted by Crippen LogP contribution is 2.47. The normalized spacial score (nSPS) is 39.7. The van der Waals surface area contributed by atoms with E-state index in [1.165, 1.54) is 57.8 Å². The lowest BCUT2D eigenvalue weighted by molar-refractivity contribution is 0.389. The van der Waals surface area contributed by atoms with E-state index >= 15 is 0 Å². The summed E-state index contributed by atoms with van der Waals surface area (Å²) in [4.78, 5) is 0. The van der Waals surface area contributed by atoms with E-state index in [2.05, 4.69) is 19.5 Å². The number of nitrogens with zero attached hydrogens (tertiary/aromatic N) is 1. The summed E-state index contributed by atoms with van der Waals surface area (Å²) in [5.74, 6) is 1.44. The number of hydrogen-bond acceptors (Lipinski definition) is 1. The Hall–Kier alpha value is -0.293. The molecule has 0 radical (unpaired) electrons. The summed E-state index contributed by atoms with van der Waals surface area (Å²) < 4.78 is 0. The molecule has 1 saturated heterocycles. The molecule has 0 N–H and O–H groups in total. The van der Waals surface area contributed by atoms with Gasteiger partial charge in [0.05, 0.1) is 14.1 Å². The van der Waals surface area contributed by atoms with Gasteiger partial charge in [0, 0.05) is 5.92 Å². The predicted molar refractivity (Wildman–Crippen MR) is 84.8 cm³/mol. The van der Waals surface area contributed by atoms with Crippen molar-refractivity contribution in [1.29, 1.82) is 5.26 Å². The molecule has 2 heteroatoms. The average Bonchev–Trinajstić information content (AvgIpc) is 2.47. The summed E-state index contributed by atoms with van der Waals surface area (Å²) in [5, 5.41) is 9.03. The maximum atomic E-state index is 9.03. The number of hydrogen-bond donors (Lipinski definition) is 0. The van der Waals surface area contributed by atoms with E-state index in [0.717, 1.165) is 11.5 Å². The van der Waals surface area contributed by atoms with Gasteiger partial charge in [-0.2, -0.15) is 5.26 Å². The fraction of sp³-hybridized carbons (Fsp3) is 0.941. The van der Waals surface area contributed by atoms with Crippen molar-refractivity contribution < 1.29 is 0 Å². The monoisotopic (exact) mass is 277 g/mol. The first kappa shape index (κ1) is 15.1. The van der Waals surface area contributed by atoms with E-state index in [0.29, 0.717) is 5.92 Å². The summed E-state index contributed by atoms with van der Waals surface area (Å²) in [6, 6.07) is 5.66. The second-order valence-electron chi connectivity index (χ2n) is 7.42. The highest BCUT2D eigenvalue weighted by atomic mass is 28.3. The Bertz CT molecular complexity index is 304. The van der Waals surface area contributed by atoms with E-state index in [1.54, 1.807) is 12.1 Å². The summed E-state index contributed by atoms with van der Waals surface area (Å²) in [5.41, 5.74) is 1.05. The van der Waals surface area contributed by atoms with Crippen LogP contribution in [0, 0.1) is 23.2 Å². The molecule has 2 rings (SSSR count). The Labute approximate surface area is 120 Å². The molecule has 2 aliphatic rings. The van der Waals surface area contributed by atoms with Crippen LogP contribution in [-0.4, -0.2) is 8.07 Å². The molecule has 0 aromatic heterocycles. The molecule has 2 fully saturated rings. The summed E-state index contributed by atoms with van der Waals surface area (Å²) >= 11 is 0. The molecule has 0 aromatic carbocycles. The van der Waals surface area contributed by atoms with Gasteiger partial charge < -0.3 is 0 Å². The van der Waals surface area contributed by atoms with Crippen molar-refractivity contribution in [2.75, 3.05) is 0 Å². The zero-order chi connectivity index (χ0) is 13.7. The predicted octanol–water partition coefficient (Wildman–Crippen LogP) is 5.75. The smallest absolute Gasteiger partial charge is 0.0655 e. The summed E-state index contributed by atoms with van der Waals surface area (Å²) in [6.45, 7) is 5.00. The Morgan fingerprint density at radius 3 is 2.21 bits per heavy atom. The van der Waals surface area contributed by atoms with Gasteiger partial charge in [-0.3, -0.25) is 0 Å². The van der Waals surface area contributed by atoms with Crippen molar-refractivity contribution in [2.45, 2.75) is 88.9 Å². The Morgan fingerprint density at radius 2 is 1.68 bits per heavy atom. The van der Waals surface area contributed by atoms with Crippen molar-refractivity contribution in [1.82, 2.24) is 0 Å². The van der Waals surface area contributed by atoms with Crippen LogP contribution in [0.3, 0.4) is 0 Å². The van der Waals surface area contributed by atoms with E-state index < -0.39 is 8.07 Å². The molecule has 19 heavy (non-hydrogen) atoms. The van der Waals surface area contributed by atoms with Gasteiger partial charge in [-0.1, -0.05) is 70.5 Å². The van der Waals surface area contributed by atoms with Crippen LogP contribution in [0.1, 0.15) is 64.7 Å². The standard InChI is InChI=1S/C17H31NSi/c1-3-4-5-15-10-12-19(2,13-11-15)17-8-6-16(14-18)7-9-17/h15-17H,3-13H2,1-2H3. The minimum Gasteiger partial charge on any atom is -0.198 e. The quantitative estimate of drug-likeness (QED) is 0.600. The zero-order valence-electron chi connectivity index (χ0n) is 13.0. The molecule has 1 nitrogen and oxygen atoms in total. The van der Waals surface area contributed by atoms with Crippen LogP contribution < -0.4 is 0 Å². The second kappa shape index (κ2) is 6.93. The maximum Gasteiger partial charge on any atom is 0.0655 e. The number of nitriles is 1. The van der Waals surface area contributed by atoms with Gasteiger partial charge in [0.15, 0.2) is 0 Å². The SMILES string of the molecule is CCCCC1CC[Si](C)(C2CCC(C#N)CC2)CC1. The highest BCUT2D eigenvalue weighted by molar-refractivity contribution is 6.80. The first-order valence-corrected chi connectivity index (χ1v) is 11.6. The molecule has 0 spiro atoms. The van der Waals surface area contributed by atoms with Crippen LogP contribution >= 0.6 is 0 Å². The third-order valence-corrected chi connectivity index (χ3v) is 11.5. The molecule has 1 aliphatic heterocycles. The molecule has 0 unspecified atom stereocenters. The fourth-order valence-corrected chi connectivity index (χ4v) is 9.38. The molecule has 1 heterocycles. The third kappa shape index (κ3) is 3.84. The Balaban J connectivity index is 1.80. The van der Waals surface area contributed by atoms with Crippen LogP contribution in [0.15, 0.2) is 0 Å². The van der Waals surface area contributed by atoms with Crippen LogP contribution in [-0.2, 0) is 0 Å². The zero-order valence-corrected chi connectivity index (χ0v) is 14.0. The number of rotatable bonds is 4. The first-order chi connectivity index (χ1) is 9.18. The van der Waals surface area contributed by atoms with Gasteiger partial charge in [0.2, 0.25) is 0 Å².